The smallest absolute Gasteiger partial charge is 0.312 e. The van der Waals surface area contributed by atoms with Crippen LogP contribution in [-0.4, -0.2) is 11.6 Å². The molecular formula is C36H44O2. The Kier molecular flexibility index (Phi) is 5.44. The standard InChI is InChI=1S/C36H44O2/c37-33(34-17-27-11-28(18-34)13-29(12-27)19-34)38-36(23-25-7-3-1-4-8-25,24-26-9-5-2-6-10-26)35-20-30-14-31(21-35)16-32(15-30)22-35/h1-10,27-32H,11-24H2. The predicted octanol–water partition coefficient (Wildman–Crippen LogP) is 8.19. The van der Waals surface area contributed by atoms with Crippen molar-refractivity contribution >= 4 is 5.97 Å². The number of ether oxygens (including phenoxy) is 1. The van der Waals surface area contributed by atoms with Gasteiger partial charge in [-0.2, -0.15) is 0 Å². The normalized spacial score (nSPS) is 40.4. The molecule has 8 fully saturated rings. The highest BCUT2D eigenvalue weighted by molar-refractivity contribution is 5.78. The summed E-state index contributed by atoms with van der Waals surface area (Å²) < 4.78 is 7.38. The highest BCUT2D eigenvalue weighted by Gasteiger charge is 2.64. The fraction of sp³-hybridized carbons (Fsp3) is 0.639. The van der Waals surface area contributed by atoms with E-state index < -0.39 is 5.60 Å². The summed E-state index contributed by atoms with van der Waals surface area (Å²) in [5.74, 6) is 4.93. The van der Waals surface area contributed by atoms with E-state index in [4.69, 9.17) is 4.74 Å². The van der Waals surface area contributed by atoms with Crippen LogP contribution in [0.3, 0.4) is 0 Å². The van der Waals surface area contributed by atoms with E-state index in [1.807, 2.05) is 0 Å². The Bertz CT molecular complexity index is 1070. The van der Waals surface area contributed by atoms with Gasteiger partial charge in [-0.25, -0.2) is 0 Å². The maximum Gasteiger partial charge on any atom is 0.312 e. The Balaban J connectivity index is 1.23. The molecule has 200 valence electrons. The number of carbonyl (C=O) groups excluding carboxylic acids is 1. The van der Waals surface area contributed by atoms with Gasteiger partial charge in [0.15, 0.2) is 0 Å². The average molecular weight is 509 g/mol. The Labute approximate surface area is 228 Å². The van der Waals surface area contributed by atoms with Gasteiger partial charge in [-0.15, -0.1) is 0 Å². The van der Waals surface area contributed by atoms with E-state index in [1.165, 1.54) is 68.9 Å². The highest BCUT2D eigenvalue weighted by atomic mass is 16.6. The van der Waals surface area contributed by atoms with Gasteiger partial charge in [0.2, 0.25) is 0 Å². The summed E-state index contributed by atoms with van der Waals surface area (Å²) in [6, 6.07) is 22.0. The van der Waals surface area contributed by atoms with Gasteiger partial charge in [0.25, 0.3) is 0 Å². The molecule has 0 aliphatic heterocycles. The third-order valence-electron chi connectivity index (χ3n) is 12.4. The van der Waals surface area contributed by atoms with Crippen LogP contribution < -0.4 is 0 Å². The molecule has 8 aliphatic carbocycles. The Morgan fingerprint density at radius 2 is 0.974 bits per heavy atom. The molecule has 8 saturated carbocycles. The molecule has 2 heteroatoms. The monoisotopic (exact) mass is 508 g/mol. The SMILES string of the molecule is O=C(OC(Cc1ccccc1)(Cc1ccccc1)C12CC3CC(CC(C3)C1)C2)C12CC3CC(CC(C3)C1)C2. The molecule has 0 heterocycles. The van der Waals surface area contributed by atoms with E-state index in [9.17, 15) is 4.79 Å². The summed E-state index contributed by atoms with van der Waals surface area (Å²) >= 11 is 0. The van der Waals surface area contributed by atoms with Gasteiger partial charge in [0.1, 0.15) is 5.60 Å². The van der Waals surface area contributed by atoms with Gasteiger partial charge in [0.05, 0.1) is 5.41 Å². The summed E-state index contributed by atoms with van der Waals surface area (Å²) in [7, 11) is 0. The lowest BCUT2D eigenvalue weighted by atomic mass is 9.44. The van der Waals surface area contributed by atoms with Crippen molar-refractivity contribution in [1.82, 2.24) is 0 Å². The zero-order chi connectivity index (χ0) is 25.4. The first kappa shape index (κ1) is 23.8. The fourth-order valence-electron chi connectivity index (χ4n) is 11.8. The van der Waals surface area contributed by atoms with E-state index in [0.29, 0.717) is 0 Å². The second-order valence-electron chi connectivity index (χ2n) is 15.1. The molecule has 0 aromatic heterocycles. The first-order chi connectivity index (χ1) is 18.5. The van der Waals surface area contributed by atoms with Crippen LogP contribution in [0.25, 0.3) is 0 Å². The number of carbonyl (C=O) groups is 1. The summed E-state index contributed by atoms with van der Waals surface area (Å²) in [6.45, 7) is 0. The summed E-state index contributed by atoms with van der Waals surface area (Å²) in [4.78, 5) is 14.8. The molecule has 0 atom stereocenters. The number of hydrogen-bond acceptors (Lipinski definition) is 2. The van der Waals surface area contributed by atoms with Crippen LogP contribution in [0.4, 0.5) is 0 Å². The lowest BCUT2D eigenvalue weighted by Gasteiger charge is -2.64. The minimum Gasteiger partial charge on any atom is -0.457 e. The van der Waals surface area contributed by atoms with E-state index in [0.717, 1.165) is 67.6 Å². The minimum atomic E-state index is -0.466. The predicted molar refractivity (Wildman–Crippen MR) is 150 cm³/mol. The second kappa shape index (κ2) is 8.70. The van der Waals surface area contributed by atoms with Gasteiger partial charge < -0.3 is 4.74 Å². The van der Waals surface area contributed by atoms with E-state index >= 15 is 0 Å². The average Bonchev–Trinajstić information content (AvgIpc) is 2.88. The molecule has 0 amide bonds. The van der Waals surface area contributed by atoms with Crippen molar-refractivity contribution in [2.45, 2.75) is 95.5 Å². The van der Waals surface area contributed by atoms with Gasteiger partial charge in [0, 0.05) is 18.3 Å². The highest BCUT2D eigenvalue weighted by Crippen LogP contribution is 2.67. The van der Waals surface area contributed by atoms with Crippen molar-refractivity contribution in [3.05, 3.63) is 71.8 Å². The first-order valence-corrected chi connectivity index (χ1v) is 15.8. The van der Waals surface area contributed by atoms with Crippen molar-refractivity contribution in [2.24, 2.45) is 46.3 Å². The van der Waals surface area contributed by atoms with E-state index in [2.05, 4.69) is 60.7 Å². The molecule has 0 N–H and O–H groups in total. The second-order valence-corrected chi connectivity index (χ2v) is 15.1. The van der Waals surface area contributed by atoms with Crippen molar-refractivity contribution in [2.75, 3.05) is 0 Å². The van der Waals surface area contributed by atoms with Crippen LogP contribution in [0.15, 0.2) is 60.7 Å². The molecule has 2 aromatic rings. The zero-order valence-electron chi connectivity index (χ0n) is 23.0. The van der Waals surface area contributed by atoms with Crippen LogP contribution in [-0.2, 0) is 22.4 Å². The molecule has 2 nitrogen and oxygen atoms in total. The van der Waals surface area contributed by atoms with Gasteiger partial charge in [-0.05, 0) is 124 Å². The Morgan fingerprint density at radius 3 is 1.37 bits per heavy atom. The lowest BCUT2D eigenvalue weighted by Crippen LogP contribution is -2.63. The Morgan fingerprint density at radius 1 is 0.605 bits per heavy atom. The molecular weight excluding hydrogens is 464 g/mol. The topological polar surface area (TPSA) is 26.3 Å². The van der Waals surface area contributed by atoms with Gasteiger partial charge in [-0.1, -0.05) is 60.7 Å². The van der Waals surface area contributed by atoms with Gasteiger partial charge >= 0.3 is 5.97 Å². The largest absolute Gasteiger partial charge is 0.457 e. The zero-order valence-corrected chi connectivity index (χ0v) is 23.0. The quantitative estimate of drug-likeness (QED) is 0.352. The molecule has 0 unspecified atom stereocenters. The summed E-state index contributed by atoms with van der Waals surface area (Å²) in [5.41, 5.74) is 2.09. The number of benzene rings is 2. The maximum absolute atomic E-state index is 14.8. The van der Waals surface area contributed by atoms with Gasteiger partial charge in [-0.3, -0.25) is 4.79 Å². The number of hydrogen-bond donors (Lipinski definition) is 0. The first-order valence-electron chi connectivity index (χ1n) is 15.8. The Hall–Kier alpha value is -2.09. The molecule has 10 rings (SSSR count). The summed E-state index contributed by atoms with van der Waals surface area (Å²) in [5, 5.41) is 0. The van der Waals surface area contributed by atoms with Crippen LogP contribution in [0.2, 0.25) is 0 Å². The lowest BCUT2D eigenvalue weighted by molar-refractivity contribution is -0.225. The molecule has 8 aliphatic rings. The fourth-order valence-corrected chi connectivity index (χ4v) is 11.8. The summed E-state index contributed by atoms with van der Waals surface area (Å²) in [6.07, 6.45) is 17.1. The van der Waals surface area contributed by atoms with Crippen molar-refractivity contribution < 1.29 is 9.53 Å². The van der Waals surface area contributed by atoms with Crippen LogP contribution >= 0.6 is 0 Å². The van der Waals surface area contributed by atoms with Crippen molar-refractivity contribution in [3.63, 3.8) is 0 Å². The van der Waals surface area contributed by atoms with Crippen molar-refractivity contribution in [3.8, 4) is 0 Å². The maximum atomic E-state index is 14.8. The van der Waals surface area contributed by atoms with Crippen molar-refractivity contribution in [1.29, 1.82) is 0 Å². The molecule has 2 aromatic carbocycles. The van der Waals surface area contributed by atoms with Crippen LogP contribution in [0, 0.1) is 46.3 Å². The third kappa shape index (κ3) is 3.83. The molecule has 0 radical (unpaired) electrons. The molecule has 8 bridgehead atoms. The van der Waals surface area contributed by atoms with Crippen LogP contribution in [0.5, 0.6) is 0 Å². The molecule has 0 saturated heterocycles. The van der Waals surface area contributed by atoms with E-state index in [1.54, 1.807) is 0 Å². The third-order valence-corrected chi connectivity index (χ3v) is 12.4. The number of rotatable bonds is 7. The molecule has 38 heavy (non-hydrogen) atoms. The van der Waals surface area contributed by atoms with Crippen LogP contribution in [0.1, 0.15) is 88.2 Å². The minimum absolute atomic E-state index is 0.103. The van der Waals surface area contributed by atoms with E-state index in [-0.39, 0.29) is 16.8 Å². The number of esters is 1. The molecule has 0 spiro atoms.